The van der Waals surface area contributed by atoms with Crippen molar-refractivity contribution in [1.82, 2.24) is 30.2 Å². The second-order valence-electron chi connectivity index (χ2n) is 30.9. The van der Waals surface area contributed by atoms with E-state index in [1.54, 1.807) is 25.7 Å². The van der Waals surface area contributed by atoms with Crippen LogP contribution in [0.25, 0.3) is 0 Å². The fraction of sp³-hybridized carbons (Fsp3) is 0.676. The zero-order chi connectivity index (χ0) is 66.1. The molecule has 4 saturated heterocycles. The van der Waals surface area contributed by atoms with Gasteiger partial charge in [-0.2, -0.15) is 0 Å². The van der Waals surface area contributed by atoms with Crippen molar-refractivity contribution in [3.8, 4) is 0 Å². The lowest BCUT2D eigenvalue weighted by molar-refractivity contribution is -0.199. The number of fused-ring (bicyclic) bond motifs is 3. The molecule has 18 nitrogen and oxygen atoms in total. The Kier molecular flexibility index (Phi) is 20.7. The van der Waals surface area contributed by atoms with Crippen molar-refractivity contribution < 1.29 is 56.9 Å². The largest absolute Gasteiger partial charge is 0.481 e. The highest BCUT2D eigenvalue weighted by atomic mass is 16.7. The molecule has 4 bridgehead atoms. The van der Waals surface area contributed by atoms with Gasteiger partial charge in [0.2, 0.25) is 23.6 Å². The Bertz CT molecular complexity index is 3110. The molecule has 6 aliphatic carbocycles. The van der Waals surface area contributed by atoms with E-state index in [4.69, 9.17) is 28.1 Å². The van der Waals surface area contributed by atoms with E-state index in [0.717, 1.165) is 119 Å². The molecule has 2 aromatic carbocycles. The Hall–Kier alpha value is -5.95. The molecule has 2 unspecified atom stereocenters. The number of hydrogen-bond donors (Lipinski definition) is 2. The van der Waals surface area contributed by atoms with Gasteiger partial charge in [-0.05, 0) is 148 Å². The van der Waals surface area contributed by atoms with Gasteiger partial charge in [-0.15, -0.1) is 13.2 Å². The minimum absolute atomic E-state index is 0.00949. The summed E-state index contributed by atoms with van der Waals surface area (Å²) in [6.45, 7) is 23.8. The number of nitrogens with one attached hydrogen (secondary N) is 2. The van der Waals surface area contributed by atoms with Crippen LogP contribution in [0, 0.1) is 34.5 Å². The molecular formula is C74H104B2N6O12. The van der Waals surface area contributed by atoms with Crippen LogP contribution in [-0.4, -0.2) is 142 Å². The van der Waals surface area contributed by atoms with Gasteiger partial charge < -0.3 is 48.5 Å². The molecule has 0 radical (unpaired) electrons. The molecule has 20 heteroatoms. The first-order valence-electron chi connectivity index (χ1n) is 36.0. The number of likely N-dealkylation sites (tertiary alicyclic amines) is 1. The van der Waals surface area contributed by atoms with E-state index in [0.29, 0.717) is 69.1 Å². The Morgan fingerprint density at radius 3 is 1.84 bits per heavy atom. The van der Waals surface area contributed by atoms with E-state index >= 15 is 0 Å². The lowest BCUT2D eigenvalue weighted by atomic mass is 9.43. The van der Waals surface area contributed by atoms with E-state index in [9.17, 15) is 28.8 Å². The Labute approximate surface area is 559 Å². The molecule has 508 valence electrons. The molecule has 0 spiro atoms. The summed E-state index contributed by atoms with van der Waals surface area (Å²) >= 11 is 0. The molecule has 13 aliphatic rings. The number of benzene rings is 2. The molecule has 6 amide bonds. The standard InChI is InChI=1S/C38H54BN3O6.C36H50BN3O6/c1-6-8-10-11-12-13-18-33(39-47-32-21-28-20-31(37(28,3)4)38(32,5)48-39)40-35(44)30-22-29(25-42(30)34(43)19-9-7-2)46-36(45)41-23-26-16-14-15-17-27(26)24-41;1-35(2)26-18-29(35)36(3)30(19-26)45-37(46-36)31-16-10-8-6-4-5-7-9-11-17-32(41)40-23-27(20-28(40)33(42)38-31)44-34(43)39-21-24-14-12-13-15-25(24)22-39/h6-7,14-17,28-33H,1-2,8-13,18-25H2,3-5H3,(H,40,44);7,9,12-15,26-31H,4-6,8,10-11,16-23H2,1-3H3,(H,38,42)/b;9-7+/t28-,29-,30+,31-,32?,33+,38-;26-,27-,28+,29-,30?,31+,36-/m11/s1. The lowest BCUT2D eigenvalue weighted by Crippen LogP contribution is -2.65. The quantitative estimate of drug-likeness (QED) is 0.0918. The number of amides is 6. The van der Waals surface area contributed by atoms with Crippen molar-refractivity contribution in [2.75, 3.05) is 13.1 Å². The number of nitrogens with zero attached hydrogens (tertiary/aromatic N) is 4. The first-order valence-corrected chi connectivity index (χ1v) is 36.0. The average molecular weight is 1290 g/mol. The van der Waals surface area contributed by atoms with Gasteiger partial charge in [0.05, 0.1) is 48.4 Å². The van der Waals surface area contributed by atoms with Gasteiger partial charge >= 0.3 is 26.4 Å². The summed E-state index contributed by atoms with van der Waals surface area (Å²) in [7, 11) is -1.07. The monoisotopic (exact) mass is 1290 g/mol. The van der Waals surface area contributed by atoms with Crippen LogP contribution in [0.15, 0.2) is 86.0 Å². The predicted molar refractivity (Wildman–Crippen MR) is 360 cm³/mol. The molecule has 6 saturated carbocycles. The van der Waals surface area contributed by atoms with E-state index in [-0.39, 0.29) is 102 Å². The smallest absolute Gasteiger partial charge is 0.444 e. The molecule has 0 aromatic heterocycles. The summed E-state index contributed by atoms with van der Waals surface area (Å²) in [5.74, 6) is 0.761. The normalized spacial score (nSPS) is 33.4. The minimum Gasteiger partial charge on any atom is -0.444 e. The molecule has 14 atom stereocenters. The maximum absolute atomic E-state index is 14.2. The van der Waals surface area contributed by atoms with Crippen molar-refractivity contribution in [3.63, 3.8) is 0 Å². The van der Waals surface area contributed by atoms with Crippen molar-refractivity contribution in [2.45, 2.75) is 269 Å². The molecule has 2 aromatic rings. The molecule has 15 rings (SSSR count). The molecule has 7 heterocycles. The fourth-order valence-electron chi connectivity index (χ4n) is 18.4. The second-order valence-corrected chi connectivity index (χ2v) is 30.9. The first kappa shape index (κ1) is 68.0. The minimum atomic E-state index is -0.753. The Morgan fingerprint density at radius 1 is 0.670 bits per heavy atom. The Morgan fingerprint density at radius 2 is 1.23 bits per heavy atom. The van der Waals surface area contributed by atoms with Gasteiger partial charge in [0, 0.05) is 51.9 Å². The van der Waals surface area contributed by atoms with Crippen LogP contribution in [0.5, 0.6) is 0 Å². The van der Waals surface area contributed by atoms with Gasteiger partial charge in [-0.25, -0.2) is 9.59 Å². The fourth-order valence-corrected chi connectivity index (χ4v) is 18.4. The zero-order valence-corrected chi connectivity index (χ0v) is 56.9. The number of unbranched alkanes of at least 4 members (excludes halogenated alkanes) is 4. The summed E-state index contributed by atoms with van der Waals surface area (Å²) < 4.78 is 38.9. The summed E-state index contributed by atoms with van der Waals surface area (Å²) in [6, 6.07) is 14.5. The summed E-state index contributed by atoms with van der Waals surface area (Å²) in [6.07, 6.45) is 24.4. The second kappa shape index (κ2) is 28.6. The first-order chi connectivity index (χ1) is 45.2. The van der Waals surface area contributed by atoms with Gasteiger partial charge in [-0.3, -0.25) is 29.0 Å². The number of allylic oxidation sites excluding steroid dienone is 4. The van der Waals surface area contributed by atoms with Crippen molar-refractivity contribution in [1.29, 1.82) is 0 Å². The van der Waals surface area contributed by atoms with Crippen molar-refractivity contribution in [2.24, 2.45) is 34.5 Å². The third-order valence-electron chi connectivity index (χ3n) is 24.3. The summed E-state index contributed by atoms with van der Waals surface area (Å²) in [4.78, 5) is 88.3. The van der Waals surface area contributed by atoms with Crippen LogP contribution >= 0.6 is 0 Å². The molecule has 10 fully saturated rings. The number of rotatable bonds is 16. The van der Waals surface area contributed by atoms with E-state index in [1.165, 1.54) is 6.42 Å². The van der Waals surface area contributed by atoms with Gasteiger partial charge in [0.15, 0.2) is 0 Å². The highest BCUT2D eigenvalue weighted by molar-refractivity contribution is 6.48. The van der Waals surface area contributed by atoms with Gasteiger partial charge in [0.25, 0.3) is 0 Å². The SMILES string of the molecule is C=CCCCCCC[C@H](NC(=O)[C@@H]1C[C@@H](OC(=O)N2Cc3ccccc3C2)CN1C(=O)CCC=C)B1OC2C[C@H]3C[C@H](C3(C)C)[C@@]2(C)O1.CC1(C)[C@H]2CC3OB([C@@H]4CCCCCC/C=C/CCC(=O)N5C[C@H](OC(=O)N6Cc7ccccc7C6)C[C@H]5C(=O)N4)O[C@]3(C)[C@@H]1C2. The maximum Gasteiger partial charge on any atom is 0.481 e. The van der Waals surface area contributed by atoms with E-state index in [2.05, 4.69) is 77.5 Å². The van der Waals surface area contributed by atoms with Crippen LogP contribution in [-0.2, 0) is 73.4 Å². The number of carbonyl (C=O) groups excluding carboxylic acids is 6. The van der Waals surface area contributed by atoms with Crippen molar-refractivity contribution >= 4 is 50.1 Å². The third-order valence-corrected chi connectivity index (χ3v) is 24.3. The number of hydrogen-bond acceptors (Lipinski definition) is 12. The highest BCUT2D eigenvalue weighted by Gasteiger charge is 2.70. The van der Waals surface area contributed by atoms with Crippen LogP contribution < -0.4 is 10.6 Å². The van der Waals surface area contributed by atoms with Crippen LogP contribution in [0.4, 0.5) is 9.59 Å². The Balaban J connectivity index is 0.000000181. The number of ether oxygens (including phenoxy) is 2. The molecule has 94 heavy (non-hydrogen) atoms. The summed E-state index contributed by atoms with van der Waals surface area (Å²) in [5, 5.41) is 6.59. The maximum atomic E-state index is 14.2. The highest BCUT2D eigenvalue weighted by Crippen LogP contribution is 2.67. The third kappa shape index (κ3) is 14.0. The predicted octanol–water partition coefficient (Wildman–Crippen LogP) is 11.9. The van der Waals surface area contributed by atoms with Gasteiger partial charge in [-0.1, -0.05) is 139 Å². The van der Waals surface area contributed by atoms with Crippen LogP contribution in [0.1, 0.15) is 205 Å². The van der Waals surface area contributed by atoms with Crippen LogP contribution in [0.3, 0.4) is 0 Å². The summed E-state index contributed by atoms with van der Waals surface area (Å²) in [5.41, 5.74) is 4.16. The molecule has 2 N–H and O–H groups in total. The van der Waals surface area contributed by atoms with Crippen molar-refractivity contribution in [3.05, 3.63) is 108 Å². The van der Waals surface area contributed by atoms with Gasteiger partial charge in [0.1, 0.15) is 24.3 Å². The van der Waals surface area contributed by atoms with E-state index < -0.39 is 50.7 Å². The topological polar surface area (TPSA) is 195 Å². The average Bonchev–Trinajstić information content (AvgIpc) is 1.29. The van der Waals surface area contributed by atoms with E-state index in [1.807, 2.05) is 54.6 Å². The molecule has 7 aliphatic heterocycles. The zero-order valence-electron chi connectivity index (χ0n) is 56.9. The lowest BCUT2D eigenvalue weighted by Gasteiger charge is -2.64. The molecular weight excluding hydrogens is 1190 g/mol. The number of carbonyl (C=O) groups is 6. The van der Waals surface area contributed by atoms with Crippen LogP contribution in [0.2, 0.25) is 0 Å².